The Morgan fingerprint density at radius 1 is 0.386 bits per heavy atom. The van der Waals surface area contributed by atoms with Gasteiger partial charge in [-0.25, -0.2) is 0 Å². The van der Waals surface area contributed by atoms with Gasteiger partial charge >= 0.3 is 0 Å². The molecule has 0 spiro atoms. The third-order valence-electron chi connectivity index (χ3n) is 11.3. The summed E-state index contributed by atoms with van der Waals surface area (Å²) in [4.78, 5) is 0. The average Bonchev–Trinajstić information content (AvgIpc) is 3.79. The predicted molar refractivity (Wildman–Crippen MR) is 244 cm³/mol. The largest absolute Gasteiger partial charge is 0.309 e. The molecule has 10 rings (SSSR count). The van der Waals surface area contributed by atoms with Gasteiger partial charge in [0.25, 0.3) is 0 Å². The minimum atomic E-state index is 1.11. The highest BCUT2D eigenvalue weighted by atomic mass is 15.0. The molecule has 0 aliphatic rings. The van der Waals surface area contributed by atoms with E-state index in [1.165, 1.54) is 49.4 Å². The second-order valence-electron chi connectivity index (χ2n) is 14.4. The zero-order valence-corrected chi connectivity index (χ0v) is 31.8. The molecule has 2 aromatic heterocycles. The SMILES string of the molecule is C=Cc1c(/C=C\C)n(-c2ccccc2-c2cc(-c3ccccc3)c(-c3ccccc3-n3c4ccccc4c4ccccc43)cc2-c2ccccc2)c2ccccc12. The third kappa shape index (κ3) is 5.65. The number of hydrogen-bond donors (Lipinski definition) is 0. The molecule has 0 fully saturated rings. The van der Waals surface area contributed by atoms with Crippen molar-refractivity contribution < 1.29 is 0 Å². The normalized spacial score (nSPS) is 11.6. The van der Waals surface area contributed by atoms with Crippen LogP contribution in [-0.4, -0.2) is 9.13 Å². The fraction of sp³-hybridized carbons (Fsp3) is 0.0182. The first kappa shape index (κ1) is 34.1. The van der Waals surface area contributed by atoms with Crippen LogP contribution in [-0.2, 0) is 0 Å². The van der Waals surface area contributed by atoms with E-state index >= 15 is 0 Å². The Labute approximate surface area is 333 Å². The van der Waals surface area contributed by atoms with Crippen molar-refractivity contribution in [2.24, 2.45) is 0 Å². The number of hydrogen-bond acceptors (Lipinski definition) is 0. The number of rotatable bonds is 8. The molecular weight excluding hydrogens is 689 g/mol. The highest BCUT2D eigenvalue weighted by Gasteiger charge is 2.23. The first-order valence-corrected chi connectivity index (χ1v) is 19.6. The predicted octanol–water partition coefficient (Wildman–Crippen LogP) is 15.1. The second-order valence-corrected chi connectivity index (χ2v) is 14.4. The van der Waals surface area contributed by atoms with Crippen LogP contribution in [0.3, 0.4) is 0 Å². The van der Waals surface area contributed by atoms with Gasteiger partial charge in [-0.1, -0.05) is 170 Å². The number of aromatic nitrogens is 2. The molecule has 0 N–H and O–H groups in total. The van der Waals surface area contributed by atoms with Gasteiger partial charge < -0.3 is 9.13 Å². The standard InChI is InChI=1S/C55H40N2/c1-3-21-50-40(4-2)41-26-11-16-31-51(41)56(50)54-34-19-14-29-44(54)48-36-47(39-24-9-6-10-25-39)49(37-46(48)38-22-7-5-8-23-38)45-30-15-20-35-55(45)57-52-32-17-12-27-42(52)43-28-13-18-33-53(43)57/h3-37H,2H2,1H3/b21-3-. The van der Waals surface area contributed by atoms with E-state index in [-0.39, 0.29) is 0 Å². The smallest absolute Gasteiger partial charge is 0.0541 e. The summed E-state index contributed by atoms with van der Waals surface area (Å²) in [6, 6.07) is 70.5. The molecule has 2 heteroatoms. The van der Waals surface area contributed by atoms with Gasteiger partial charge in [0.1, 0.15) is 0 Å². The van der Waals surface area contributed by atoms with Crippen molar-refractivity contribution in [3.8, 4) is 55.9 Å². The summed E-state index contributed by atoms with van der Waals surface area (Å²) in [7, 11) is 0. The number of allylic oxidation sites excluding steroid dienone is 1. The molecule has 0 bridgehead atoms. The first-order valence-electron chi connectivity index (χ1n) is 19.6. The molecule has 0 saturated carbocycles. The first-order chi connectivity index (χ1) is 28.2. The molecule has 0 radical (unpaired) electrons. The van der Waals surface area contributed by atoms with Crippen molar-refractivity contribution in [1.29, 1.82) is 0 Å². The Balaban J connectivity index is 1.31. The van der Waals surface area contributed by atoms with E-state index in [2.05, 4.69) is 229 Å². The lowest BCUT2D eigenvalue weighted by molar-refractivity contribution is 1.11. The summed E-state index contributed by atoms with van der Waals surface area (Å²) in [5, 5.41) is 3.68. The van der Waals surface area contributed by atoms with Crippen LogP contribution in [0.4, 0.5) is 0 Å². The van der Waals surface area contributed by atoms with E-state index in [9.17, 15) is 0 Å². The van der Waals surface area contributed by atoms with Crippen LogP contribution in [0.15, 0.2) is 207 Å². The van der Waals surface area contributed by atoms with Gasteiger partial charge in [0.2, 0.25) is 0 Å². The Hall–Kier alpha value is -7.42. The number of nitrogens with zero attached hydrogens (tertiary/aromatic N) is 2. The van der Waals surface area contributed by atoms with Gasteiger partial charge in [-0.2, -0.15) is 0 Å². The summed E-state index contributed by atoms with van der Waals surface area (Å²) in [5.74, 6) is 0. The van der Waals surface area contributed by atoms with Crippen LogP contribution >= 0.6 is 0 Å². The molecular formula is C55H40N2. The van der Waals surface area contributed by atoms with E-state index < -0.39 is 0 Å². The third-order valence-corrected chi connectivity index (χ3v) is 11.3. The van der Waals surface area contributed by atoms with Gasteiger partial charge in [-0.15, -0.1) is 0 Å². The zero-order chi connectivity index (χ0) is 38.3. The molecule has 270 valence electrons. The fourth-order valence-electron chi connectivity index (χ4n) is 8.81. The molecule has 8 aromatic carbocycles. The average molecular weight is 729 g/mol. The van der Waals surface area contributed by atoms with E-state index in [4.69, 9.17) is 0 Å². The van der Waals surface area contributed by atoms with Gasteiger partial charge in [0.05, 0.1) is 33.6 Å². The van der Waals surface area contributed by atoms with Crippen LogP contribution in [0, 0.1) is 0 Å². The number of para-hydroxylation sites is 5. The maximum absolute atomic E-state index is 4.26. The van der Waals surface area contributed by atoms with E-state index in [0.717, 1.165) is 50.4 Å². The van der Waals surface area contributed by atoms with Crippen molar-refractivity contribution in [3.05, 3.63) is 218 Å². The topological polar surface area (TPSA) is 9.86 Å². The van der Waals surface area contributed by atoms with E-state index in [1.54, 1.807) is 0 Å². The molecule has 0 unspecified atom stereocenters. The Bertz CT molecular complexity index is 3090. The molecule has 0 aliphatic carbocycles. The lowest BCUT2D eigenvalue weighted by atomic mass is 9.84. The van der Waals surface area contributed by atoms with Gasteiger partial charge in [0.15, 0.2) is 0 Å². The van der Waals surface area contributed by atoms with E-state index in [0.29, 0.717) is 0 Å². The minimum absolute atomic E-state index is 1.11. The molecule has 57 heavy (non-hydrogen) atoms. The van der Waals surface area contributed by atoms with Gasteiger partial charge in [-0.05, 0) is 88.8 Å². The van der Waals surface area contributed by atoms with Gasteiger partial charge in [0, 0.05) is 32.8 Å². The van der Waals surface area contributed by atoms with Crippen molar-refractivity contribution in [2.75, 3.05) is 0 Å². The minimum Gasteiger partial charge on any atom is -0.309 e. The quantitative estimate of drug-likeness (QED) is 0.147. The molecule has 2 nitrogen and oxygen atoms in total. The molecule has 0 atom stereocenters. The monoisotopic (exact) mass is 728 g/mol. The van der Waals surface area contributed by atoms with Crippen LogP contribution in [0.2, 0.25) is 0 Å². The Morgan fingerprint density at radius 3 is 1.28 bits per heavy atom. The second kappa shape index (κ2) is 14.3. The van der Waals surface area contributed by atoms with Crippen LogP contribution in [0.5, 0.6) is 0 Å². The lowest BCUT2D eigenvalue weighted by Crippen LogP contribution is -2.02. The lowest BCUT2D eigenvalue weighted by Gasteiger charge is -2.22. The number of benzene rings is 8. The number of fused-ring (bicyclic) bond motifs is 4. The fourth-order valence-corrected chi connectivity index (χ4v) is 8.81. The summed E-state index contributed by atoms with van der Waals surface area (Å²) in [6.07, 6.45) is 6.31. The van der Waals surface area contributed by atoms with Gasteiger partial charge in [-0.3, -0.25) is 0 Å². The molecule has 0 saturated heterocycles. The van der Waals surface area contributed by atoms with Crippen LogP contribution in [0.25, 0.3) is 101 Å². The molecule has 0 aliphatic heterocycles. The molecule has 10 aromatic rings. The highest BCUT2D eigenvalue weighted by molar-refractivity contribution is 6.10. The molecule has 2 heterocycles. The summed E-state index contributed by atoms with van der Waals surface area (Å²) >= 11 is 0. The maximum Gasteiger partial charge on any atom is 0.0541 e. The summed E-state index contributed by atoms with van der Waals surface area (Å²) in [6.45, 7) is 6.34. The van der Waals surface area contributed by atoms with Crippen molar-refractivity contribution in [2.45, 2.75) is 6.92 Å². The Morgan fingerprint density at radius 2 is 0.789 bits per heavy atom. The van der Waals surface area contributed by atoms with Crippen molar-refractivity contribution in [1.82, 2.24) is 9.13 Å². The van der Waals surface area contributed by atoms with E-state index in [1.807, 2.05) is 6.08 Å². The zero-order valence-electron chi connectivity index (χ0n) is 31.8. The summed E-state index contributed by atoms with van der Waals surface area (Å²) in [5.41, 5.74) is 17.4. The van der Waals surface area contributed by atoms with Crippen LogP contribution in [0.1, 0.15) is 18.2 Å². The maximum atomic E-state index is 4.26. The van der Waals surface area contributed by atoms with Crippen molar-refractivity contribution in [3.63, 3.8) is 0 Å². The Kier molecular flexibility index (Phi) is 8.58. The van der Waals surface area contributed by atoms with Crippen LogP contribution < -0.4 is 0 Å². The molecule has 0 amide bonds. The summed E-state index contributed by atoms with van der Waals surface area (Å²) < 4.78 is 4.85. The highest BCUT2D eigenvalue weighted by Crippen LogP contribution is 2.46. The van der Waals surface area contributed by atoms with Crippen molar-refractivity contribution >= 4 is 44.9 Å².